The fourth-order valence-corrected chi connectivity index (χ4v) is 2.39. The summed E-state index contributed by atoms with van der Waals surface area (Å²) in [6.07, 6.45) is 0.941. The molecular formula is C14H21N3O. The molecule has 1 aliphatic heterocycles. The molecule has 1 saturated heterocycles. The lowest BCUT2D eigenvalue weighted by Gasteiger charge is -2.29. The molecule has 1 aromatic carbocycles. The largest absolute Gasteiger partial charge is 0.358 e. The van der Waals surface area contributed by atoms with Crippen molar-refractivity contribution in [1.29, 1.82) is 0 Å². The van der Waals surface area contributed by atoms with E-state index in [2.05, 4.69) is 29.3 Å². The molecule has 2 rings (SSSR count). The second kappa shape index (κ2) is 5.40. The number of carbonyl (C=O) groups excluding carboxylic acids is 1. The van der Waals surface area contributed by atoms with Gasteiger partial charge in [-0.3, -0.25) is 4.79 Å². The van der Waals surface area contributed by atoms with Crippen molar-refractivity contribution < 1.29 is 4.79 Å². The Labute approximate surface area is 108 Å². The first-order chi connectivity index (χ1) is 8.61. The fourth-order valence-electron chi connectivity index (χ4n) is 2.39. The first kappa shape index (κ1) is 12.9. The SMILES string of the molecule is Cc1cccc(N2CCC(C)NC(=O)C2CN)c1. The Morgan fingerprint density at radius 1 is 1.50 bits per heavy atom. The summed E-state index contributed by atoms with van der Waals surface area (Å²) in [5.74, 6) is 0.0315. The van der Waals surface area contributed by atoms with E-state index in [1.54, 1.807) is 0 Å². The van der Waals surface area contributed by atoms with E-state index in [0.29, 0.717) is 6.54 Å². The van der Waals surface area contributed by atoms with Crippen LogP contribution in [0.4, 0.5) is 5.69 Å². The third kappa shape index (κ3) is 2.64. The Hall–Kier alpha value is -1.55. The van der Waals surface area contributed by atoms with Gasteiger partial charge >= 0.3 is 0 Å². The molecule has 0 bridgehead atoms. The summed E-state index contributed by atoms with van der Waals surface area (Å²) in [5.41, 5.74) is 8.05. The third-order valence-corrected chi connectivity index (χ3v) is 3.43. The number of nitrogens with zero attached hydrogens (tertiary/aromatic N) is 1. The highest BCUT2D eigenvalue weighted by atomic mass is 16.2. The number of nitrogens with two attached hydrogens (primary N) is 1. The smallest absolute Gasteiger partial charge is 0.244 e. The molecule has 1 aromatic rings. The molecule has 4 heteroatoms. The van der Waals surface area contributed by atoms with Crippen LogP contribution < -0.4 is 16.0 Å². The number of amides is 1. The van der Waals surface area contributed by atoms with E-state index in [9.17, 15) is 4.79 Å². The molecule has 0 saturated carbocycles. The van der Waals surface area contributed by atoms with Gasteiger partial charge in [0.15, 0.2) is 0 Å². The van der Waals surface area contributed by atoms with Crippen molar-refractivity contribution in [1.82, 2.24) is 5.32 Å². The van der Waals surface area contributed by atoms with E-state index >= 15 is 0 Å². The molecule has 2 atom stereocenters. The van der Waals surface area contributed by atoms with Gasteiger partial charge in [0.2, 0.25) is 5.91 Å². The number of carbonyl (C=O) groups is 1. The van der Waals surface area contributed by atoms with Crippen LogP contribution in [0.2, 0.25) is 0 Å². The Morgan fingerprint density at radius 3 is 2.94 bits per heavy atom. The van der Waals surface area contributed by atoms with Crippen LogP contribution in [0.15, 0.2) is 24.3 Å². The summed E-state index contributed by atoms with van der Waals surface area (Å²) in [5, 5.41) is 3.00. The molecule has 1 aliphatic rings. The normalized spacial score (nSPS) is 24.6. The molecule has 4 nitrogen and oxygen atoms in total. The van der Waals surface area contributed by atoms with Crippen molar-refractivity contribution in [3.05, 3.63) is 29.8 Å². The maximum absolute atomic E-state index is 12.1. The van der Waals surface area contributed by atoms with Crippen LogP contribution in [-0.4, -0.2) is 31.1 Å². The molecule has 0 aromatic heterocycles. The van der Waals surface area contributed by atoms with Crippen LogP contribution >= 0.6 is 0 Å². The number of aryl methyl sites for hydroxylation is 1. The highest BCUT2D eigenvalue weighted by Gasteiger charge is 2.29. The van der Waals surface area contributed by atoms with Crippen LogP contribution in [-0.2, 0) is 4.79 Å². The van der Waals surface area contributed by atoms with E-state index in [1.807, 2.05) is 19.1 Å². The van der Waals surface area contributed by atoms with E-state index in [1.165, 1.54) is 5.56 Å². The molecule has 2 unspecified atom stereocenters. The Bertz CT molecular complexity index is 433. The molecular weight excluding hydrogens is 226 g/mol. The van der Waals surface area contributed by atoms with E-state index in [4.69, 9.17) is 5.73 Å². The number of hydrogen-bond acceptors (Lipinski definition) is 3. The number of anilines is 1. The fraction of sp³-hybridized carbons (Fsp3) is 0.500. The van der Waals surface area contributed by atoms with Crippen molar-refractivity contribution in [3.63, 3.8) is 0 Å². The van der Waals surface area contributed by atoms with Gasteiger partial charge in [0.1, 0.15) is 6.04 Å². The molecule has 3 N–H and O–H groups in total. The summed E-state index contributed by atoms with van der Waals surface area (Å²) in [6, 6.07) is 8.16. The molecule has 1 fully saturated rings. The minimum Gasteiger partial charge on any atom is -0.358 e. The predicted molar refractivity (Wildman–Crippen MR) is 73.6 cm³/mol. The highest BCUT2D eigenvalue weighted by Crippen LogP contribution is 2.21. The van der Waals surface area contributed by atoms with E-state index in [-0.39, 0.29) is 18.0 Å². The Balaban J connectivity index is 2.31. The average molecular weight is 247 g/mol. The van der Waals surface area contributed by atoms with Gasteiger partial charge in [0, 0.05) is 24.8 Å². The third-order valence-electron chi connectivity index (χ3n) is 3.43. The van der Waals surface area contributed by atoms with Gasteiger partial charge < -0.3 is 16.0 Å². The van der Waals surface area contributed by atoms with E-state index in [0.717, 1.165) is 18.7 Å². The van der Waals surface area contributed by atoms with Gasteiger partial charge in [-0.2, -0.15) is 0 Å². The first-order valence-electron chi connectivity index (χ1n) is 6.45. The van der Waals surface area contributed by atoms with Crippen LogP contribution in [0.5, 0.6) is 0 Å². The number of rotatable bonds is 2. The Kier molecular flexibility index (Phi) is 3.87. The number of benzene rings is 1. The van der Waals surface area contributed by atoms with Crippen molar-refractivity contribution in [3.8, 4) is 0 Å². The summed E-state index contributed by atoms with van der Waals surface area (Å²) < 4.78 is 0. The lowest BCUT2D eigenvalue weighted by atomic mass is 10.1. The summed E-state index contributed by atoms with van der Waals surface area (Å²) >= 11 is 0. The van der Waals surface area contributed by atoms with Gasteiger partial charge in [-0.25, -0.2) is 0 Å². The number of hydrogen-bond donors (Lipinski definition) is 2. The monoisotopic (exact) mass is 247 g/mol. The lowest BCUT2D eigenvalue weighted by Crippen LogP contribution is -2.49. The average Bonchev–Trinajstić information content (AvgIpc) is 2.47. The summed E-state index contributed by atoms with van der Waals surface area (Å²) in [7, 11) is 0. The van der Waals surface area contributed by atoms with Crippen LogP contribution in [0.25, 0.3) is 0 Å². The standard InChI is InChI=1S/C14H21N3O/c1-10-4-3-5-12(8-10)17-7-6-11(2)16-14(18)13(17)9-15/h3-5,8,11,13H,6-7,9,15H2,1-2H3,(H,16,18). The zero-order valence-corrected chi connectivity index (χ0v) is 11.0. The van der Waals surface area contributed by atoms with Gasteiger partial charge in [0.25, 0.3) is 0 Å². The minimum atomic E-state index is -0.267. The van der Waals surface area contributed by atoms with Gasteiger partial charge in [-0.05, 0) is 38.0 Å². The molecule has 1 heterocycles. The molecule has 0 radical (unpaired) electrons. The zero-order valence-electron chi connectivity index (χ0n) is 11.0. The summed E-state index contributed by atoms with van der Waals surface area (Å²) in [4.78, 5) is 14.2. The molecule has 0 aliphatic carbocycles. The van der Waals surface area contributed by atoms with Crippen molar-refractivity contribution >= 4 is 11.6 Å². The van der Waals surface area contributed by atoms with Crippen molar-refractivity contribution in [2.24, 2.45) is 5.73 Å². The van der Waals surface area contributed by atoms with Crippen LogP contribution in [0, 0.1) is 6.92 Å². The topological polar surface area (TPSA) is 58.4 Å². The molecule has 0 spiro atoms. The second-order valence-corrected chi connectivity index (χ2v) is 4.98. The zero-order chi connectivity index (χ0) is 13.1. The molecule has 1 amide bonds. The van der Waals surface area contributed by atoms with Gasteiger partial charge in [-0.1, -0.05) is 12.1 Å². The maximum Gasteiger partial charge on any atom is 0.244 e. The van der Waals surface area contributed by atoms with Crippen molar-refractivity contribution in [2.45, 2.75) is 32.4 Å². The quantitative estimate of drug-likeness (QED) is 0.821. The van der Waals surface area contributed by atoms with Gasteiger partial charge in [0.05, 0.1) is 0 Å². The van der Waals surface area contributed by atoms with Crippen LogP contribution in [0.1, 0.15) is 18.9 Å². The minimum absolute atomic E-state index is 0.0315. The highest BCUT2D eigenvalue weighted by molar-refractivity contribution is 5.86. The Morgan fingerprint density at radius 2 is 2.28 bits per heavy atom. The van der Waals surface area contributed by atoms with Crippen LogP contribution in [0.3, 0.4) is 0 Å². The maximum atomic E-state index is 12.1. The molecule has 18 heavy (non-hydrogen) atoms. The van der Waals surface area contributed by atoms with Crippen molar-refractivity contribution in [2.75, 3.05) is 18.0 Å². The summed E-state index contributed by atoms with van der Waals surface area (Å²) in [6.45, 7) is 5.28. The number of nitrogens with one attached hydrogen (secondary N) is 1. The lowest BCUT2D eigenvalue weighted by molar-refractivity contribution is -0.122. The first-order valence-corrected chi connectivity index (χ1v) is 6.45. The van der Waals surface area contributed by atoms with E-state index < -0.39 is 0 Å². The predicted octanol–water partition coefficient (Wildman–Crippen LogP) is 1.04. The second-order valence-electron chi connectivity index (χ2n) is 4.98. The van der Waals surface area contributed by atoms with Gasteiger partial charge in [-0.15, -0.1) is 0 Å². The molecule has 98 valence electrons.